The molecule has 5 nitrogen and oxygen atoms in total. The summed E-state index contributed by atoms with van der Waals surface area (Å²) in [5, 5.41) is 3.71. The van der Waals surface area contributed by atoms with Gasteiger partial charge in [-0.15, -0.1) is 11.3 Å². The molecule has 1 aliphatic rings. The molecule has 1 aromatic carbocycles. The van der Waals surface area contributed by atoms with Crippen LogP contribution in [-0.2, 0) is 0 Å². The monoisotopic (exact) mass is 291 g/mol. The first-order valence-electron chi connectivity index (χ1n) is 6.68. The second kappa shape index (κ2) is 5.38. The van der Waals surface area contributed by atoms with Crippen molar-refractivity contribution in [1.82, 2.24) is 10.3 Å². The third-order valence-electron chi connectivity index (χ3n) is 3.75. The van der Waals surface area contributed by atoms with Gasteiger partial charge in [0.2, 0.25) is 0 Å². The minimum Gasteiger partial charge on any atom is -0.494 e. The Morgan fingerprint density at radius 2 is 2.20 bits per heavy atom. The van der Waals surface area contributed by atoms with Gasteiger partial charge in [0.15, 0.2) is 5.01 Å². The molecule has 1 fully saturated rings. The molecule has 1 aliphatic heterocycles. The summed E-state index contributed by atoms with van der Waals surface area (Å²) in [4.78, 5) is 15.7. The van der Waals surface area contributed by atoms with Crippen LogP contribution in [0.4, 0.5) is 0 Å². The minimum absolute atomic E-state index is 0.347. The molecule has 0 unspecified atom stereocenters. The maximum Gasteiger partial charge on any atom is 0.277 e. The summed E-state index contributed by atoms with van der Waals surface area (Å²) in [5.41, 5.74) is 7.36. The van der Waals surface area contributed by atoms with Gasteiger partial charge < -0.3 is 15.8 Å². The van der Waals surface area contributed by atoms with Crippen molar-refractivity contribution in [2.45, 2.75) is 18.8 Å². The van der Waals surface area contributed by atoms with Gasteiger partial charge in [0.05, 0.1) is 11.8 Å². The number of hydrogen-bond acceptors (Lipinski definition) is 5. The largest absolute Gasteiger partial charge is 0.494 e. The van der Waals surface area contributed by atoms with E-state index in [9.17, 15) is 4.79 Å². The van der Waals surface area contributed by atoms with Crippen molar-refractivity contribution < 1.29 is 9.53 Å². The molecule has 0 radical (unpaired) electrons. The number of aromatic nitrogens is 1. The lowest BCUT2D eigenvalue weighted by Crippen LogP contribution is -2.26. The molecule has 20 heavy (non-hydrogen) atoms. The van der Waals surface area contributed by atoms with Crippen LogP contribution in [0.1, 0.15) is 34.1 Å². The van der Waals surface area contributed by atoms with E-state index >= 15 is 0 Å². The molecule has 1 saturated heterocycles. The fourth-order valence-electron chi connectivity index (χ4n) is 2.73. The quantitative estimate of drug-likeness (QED) is 0.905. The molecule has 0 saturated carbocycles. The number of benzene rings is 1. The summed E-state index contributed by atoms with van der Waals surface area (Å²) >= 11 is 1.37. The molecule has 0 aliphatic carbocycles. The van der Waals surface area contributed by atoms with E-state index in [1.54, 1.807) is 7.11 Å². The van der Waals surface area contributed by atoms with Crippen LogP contribution >= 0.6 is 11.3 Å². The van der Waals surface area contributed by atoms with Crippen LogP contribution in [0.15, 0.2) is 12.1 Å². The lowest BCUT2D eigenvalue weighted by Gasteiger charge is -2.23. The zero-order valence-corrected chi connectivity index (χ0v) is 12.1. The van der Waals surface area contributed by atoms with Crippen molar-refractivity contribution in [1.29, 1.82) is 0 Å². The standard InChI is InChI=1S/C14H17N3O2S/c1-19-10-3-2-9(8-4-6-16-7-5-8)12-11(10)17-14(20-12)13(15)18/h2-3,8,16H,4-7H2,1H3,(H2,15,18). The van der Waals surface area contributed by atoms with Gasteiger partial charge in [-0.1, -0.05) is 6.07 Å². The summed E-state index contributed by atoms with van der Waals surface area (Å²) in [6.07, 6.45) is 2.20. The van der Waals surface area contributed by atoms with Crippen molar-refractivity contribution >= 4 is 27.5 Å². The fraction of sp³-hybridized carbons (Fsp3) is 0.429. The topological polar surface area (TPSA) is 77.2 Å². The van der Waals surface area contributed by atoms with E-state index in [1.807, 2.05) is 6.07 Å². The number of nitrogens with one attached hydrogen (secondary N) is 1. The van der Waals surface area contributed by atoms with Crippen molar-refractivity contribution in [3.05, 3.63) is 22.7 Å². The lowest BCUT2D eigenvalue weighted by molar-refractivity contribution is 0.1000. The number of hydrogen-bond donors (Lipinski definition) is 2. The third kappa shape index (κ3) is 2.25. The molecule has 2 aromatic rings. The molecular formula is C14H17N3O2S. The van der Waals surface area contributed by atoms with Gasteiger partial charge >= 0.3 is 0 Å². The first kappa shape index (κ1) is 13.3. The highest BCUT2D eigenvalue weighted by Gasteiger charge is 2.22. The van der Waals surface area contributed by atoms with Crippen molar-refractivity contribution in [3.63, 3.8) is 0 Å². The number of rotatable bonds is 3. The Morgan fingerprint density at radius 3 is 2.85 bits per heavy atom. The number of amides is 1. The molecule has 3 rings (SSSR count). The van der Waals surface area contributed by atoms with Crippen LogP contribution in [0.5, 0.6) is 5.75 Å². The van der Waals surface area contributed by atoms with Gasteiger partial charge in [-0.05, 0) is 43.5 Å². The molecule has 0 bridgehead atoms. The van der Waals surface area contributed by atoms with Gasteiger partial charge in [0, 0.05) is 0 Å². The molecule has 106 valence electrons. The summed E-state index contributed by atoms with van der Waals surface area (Å²) in [7, 11) is 1.61. The highest BCUT2D eigenvalue weighted by atomic mass is 32.1. The fourth-order valence-corrected chi connectivity index (χ4v) is 3.75. The van der Waals surface area contributed by atoms with Crippen LogP contribution in [0.3, 0.4) is 0 Å². The number of piperidine rings is 1. The molecule has 2 heterocycles. The Hall–Kier alpha value is -1.66. The van der Waals surface area contributed by atoms with Gasteiger partial charge in [-0.2, -0.15) is 0 Å². The summed E-state index contributed by atoms with van der Waals surface area (Å²) in [6.45, 7) is 2.05. The molecular weight excluding hydrogens is 274 g/mol. The number of methoxy groups -OCH3 is 1. The maximum absolute atomic E-state index is 11.4. The second-order valence-corrected chi connectivity index (χ2v) is 5.94. The van der Waals surface area contributed by atoms with E-state index in [0.29, 0.717) is 16.7 Å². The Balaban J connectivity index is 2.14. The highest BCUT2D eigenvalue weighted by Crippen LogP contribution is 2.38. The lowest BCUT2D eigenvalue weighted by atomic mass is 9.90. The van der Waals surface area contributed by atoms with Crippen LogP contribution in [-0.4, -0.2) is 31.1 Å². The van der Waals surface area contributed by atoms with Crippen molar-refractivity contribution in [2.24, 2.45) is 5.73 Å². The van der Waals surface area contributed by atoms with Crippen LogP contribution in [0.25, 0.3) is 10.2 Å². The van der Waals surface area contributed by atoms with Crippen molar-refractivity contribution in [3.8, 4) is 5.75 Å². The molecule has 1 amide bonds. The van der Waals surface area contributed by atoms with Gasteiger partial charge in [-0.25, -0.2) is 4.98 Å². The smallest absolute Gasteiger partial charge is 0.277 e. The molecule has 0 spiro atoms. The van der Waals surface area contributed by atoms with E-state index in [2.05, 4.69) is 16.4 Å². The van der Waals surface area contributed by atoms with Gasteiger partial charge in [-0.3, -0.25) is 4.79 Å². The number of nitrogens with zero attached hydrogens (tertiary/aromatic N) is 1. The minimum atomic E-state index is -0.482. The van der Waals surface area contributed by atoms with Gasteiger partial charge in [0.1, 0.15) is 11.3 Å². The van der Waals surface area contributed by atoms with E-state index in [1.165, 1.54) is 16.9 Å². The highest BCUT2D eigenvalue weighted by molar-refractivity contribution is 7.20. The zero-order chi connectivity index (χ0) is 14.1. The first-order chi connectivity index (χ1) is 9.70. The van der Waals surface area contributed by atoms with Crippen molar-refractivity contribution in [2.75, 3.05) is 20.2 Å². The van der Waals surface area contributed by atoms with E-state index < -0.39 is 5.91 Å². The van der Waals surface area contributed by atoms with E-state index in [-0.39, 0.29) is 0 Å². The Kier molecular flexibility index (Phi) is 3.58. The average molecular weight is 291 g/mol. The Labute approximate surface area is 121 Å². The summed E-state index contributed by atoms with van der Waals surface area (Å²) < 4.78 is 6.38. The van der Waals surface area contributed by atoms with Crippen LogP contribution in [0, 0.1) is 0 Å². The molecule has 3 N–H and O–H groups in total. The maximum atomic E-state index is 11.4. The molecule has 6 heteroatoms. The number of ether oxygens (including phenoxy) is 1. The second-order valence-electron chi connectivity index (χ2n) is 4.94. The summed E-state index contributed by atoms with van der Waals surface area (Å²) in [5.74, 6) is 0.719. The number of nitrogens with two attached hydrogens (primary N) is 1. The van der Waals surface area contributed by atoms with E-state index in [4.69, 9.17) is 10.5 Å². The number of fused-ring (bicyclic) bond motifs is 1. The predicted octanol–water partition coefficient (Wildman–Crippen LogP) is 1.87. The van der Waals surface area contributed by atoms with Crippen LogP contribution < -0.4 is 15.8 Å². The average Bonchev–Trinajstić information content (AvgIpc) is 2.92. The molecule has 0 atom stereocenters. The third-order valence-corrected chi connectivity index (χ3v) is 4.87. The summed E-state index contributed by atoms with van der Waals surface area (Å²) in [6, 6.07) is 4.03. The zero-order valence-electron chi connectivity index (χ0n) is 11.3. The number of carbonyl (C=O) groups excluding carboxylic acids is 1. The predicted molar refractivity (Wildman–Crippen MR) is 79.5 cm³/mol. The first-order valence-corrected chi connectivity index (χ1v) is 7.50. The number of carbonyl (C=O) groups is 1. The van der Waals surface area contributed by atoms with E-state index in [0.717, 1.165) is 36.1 Å². The Morgan fingerprint density at radius 1 is 1.45 bits per heavy atom. The number of primary amides is 1. The Bertz CT molecular complexity index is 647. The SMILES string of the molecule is COc1ccc(C2CCNCC2)c2sc(C(N)=O)nc12. The van der Waals surface area contributed by atoms with Crippen LogP contribution in [0.2, 0.25) is 0 Å². The number of thiazole rings is 1. The molecule has 1 aromatic heterocycles. The normalized spacial score (nSPS) is 16.4. The van der Waals surface area contributed by atoms with Gasteiger partial charge in [0.25, 0.3) is 5.91 Å².